The number of nitrogens with two attached hydrogens (primary N) is 1. The van der Waals surface area contributed by atoms with Gasteiger partial charge in [0, 0.05) is 17.8 Å². The first-order valence-electron chi connectivity index (χ1n) is 7.55. The molecular weight excluding hydrogens is 264 g/mol. The van der Waals surface area contributed by atoms with E-state index in [2.05, 4.69) is 0 Å². The molecule has 1 aromatic rings. The number of ether oxygens (including phenoxy) is 1. The Labute approximate surface area is 127 Å². The van der Waals surface area contributed by atoms with Crippen molar-refractivity contribution in [2.45, 2.75) is 58.1 Å². The Morgan fingerprint density at radius 1 is 1.38 bits per heavy atom. The second kappa shape index (κ2) is 5.68. The lowest BCUT2D eigenvalue weighted by Crippen LogP contribution is -2.39. The molecule has 0 aliphatic heterocycles. The lowest BCUT2D eigenvalue weighted by molar-refractivity contribution is 0.0579. The number of anilines is 1. The lowest BCUT2D eigenvalue weighted by atomic mass is 10.1. The molecular formula is C17H26N2O2. The SMILES string of the molecule is Cc1cccc(N(CCC2(N)CC2)C(=O)OC(C)(C)C)c1. The van der Waals surface area contributed by atoms with Crippen LogP contribution in [-0.4, -0.2) is 23.8 Å². The molecule has 1 aliphatic carbocycles. The summed E-state index contributed by atoms with van der Waals surface area (Å²) in [5.41, 5.74) is 7.56. The monoisotopic (exact) mass is 290 g/mol. The van der Waals surface area contributed by atoms with Crippen LogP contribution in [-0.2, 0) is 4.74 Å². The van der Waals surface area contributed by atoms with Gasteiger partial charge in [0.15, 0.2) is 0 Å². The summed E-state index contributed by atoms with van der Waals surface area (Å²) in [5.74, 6) is 0. The van der Waals surface area contributed by atoms with Gasteiger partial charge in [-0.3, -0.25) is 4.90 Å². The quantitative estimate of drug-likeness (QED) is 0.921. The fourth-order valence-corrected chi connectivity index (χ4v) is 2.18. The van der Waals surface area contributed by atoms with Gasteiger partial charge in [0.2, 0.25) is 0 Å². The molecule has 0 atom stereocenters. The van der Waals surface area contributed by atoms with E-state index in [1.165, 1.54) is 0 Å². The Hall–Kier alpha value is -1.55. The third kappa shape index (κ3) is 4.74. The van der Waals surface area contributed by atoms with Crippen LogP contribution in [0.15, 0.2) is 24.3 Å². The summed E-state index contributed by atoms with van der Waals surface area (Å²) in [6, 6.07) is 7.91. The first-order valence-corrected chi connectivity index (χ1v) is 7.55. The van der Waals surface area contributed by atoms with Crippen molar-refractivity contribution in [1.82, 2.24) is 0 Å². The Bertz CT molecular complexity index is 516. The van der Waals surface area contributed by atoms with Crippen molar-refractivity contribution in [2.75, 3.05) is 11.4 Å². The largest absolute Gasteiger partial charge is 0.443 e. The average molecular weight is 290 g/mol. The minimum Gasteiger partial charge on any atom is -0.443 e. The standard InChI is InChI=1S/C17H26N2O2/c1-13-6-5-7-14(12-13)19(11-10-17(18)8-9-17)15(20)21-16(2,3)4/h5-7,12H,8-11,18H2,1-4H3. The number of benzene rings is 1. The molecule has 0 unspecified atom stereocenters. The van der Waals surface area contributed by atoms with E-state index >= 15 is 0 Å². The van der Waals surface area contributed by atoms with Crippen molar-refractivity contribution in [3.05, 3.63) is 29.8 Å². The third-order valence-corrected chi connectivity index (χ3v) is 3.65. The van der Waals surface area contributed by atoms with Crippen LogP contribution < -0.4 is 10.6 Å². The maximum absolute atomic E-state index is 12.5. The van der Waals surface area contributed by atoms with Crippen LogP contribution >= 0.6 is 0 Å². The molecule has 1 aromatic carbocycles. The molecule has 0 aromatic heterocycles. The van der Waals surface area contributed by atoms with Crippen molar-refractivity contribution in [1.29, 1.82) is 0 Å². The van der Waals surface area contributed by atoms with E-state index in [1.807, 2.05) is 52.0 Å². The molecule has 1 fully saturated rings. The summed E-state index contributed by atoms with van der Waals surface area (Å²) in [5, 5.41) is 0. The highest BCUT2D eigenvalue weighted by atomic mass is 16.6. The predicted molar refractivity (Wildman–Crippen MR) is 85.5 cm³/mol. The fourth-order valence-electron chi connectivity index (χ4n) is 2.18. The van der Waals surface area contributed by atoms with E-state index in [1.54, 1.807) is 4.90 Å². The molecule has 116 valence electrons. The normalized spacial score (nSPS) is 16.4. The molecule has 1 aliphatic rings. The van der Waals surface area contributed by atoms with Gasteiger partial charge in [-0.1, -0.05) is 12.1 Å². The van der Waals surface area contributed by atoms with E-state index in [9.17, 15) is 4.79 Å². The van der Waals surface area contributed by atoms with Crippen molar-refractivity contribution < 1.29 is 9.53 Å². The highest BCUT2D eigenvalue weighted by Gasteiger charge is 2.38. The third-order valence-electron chi connectivity index (χ3n) is 3.65. The molecule has 0 saturated heterocycles. The van der Waals surface area contributed by atoms with Gasteiger partial charge in [0.05, 0.1) is 0 Å². The maximum atomic E-state index is 12.5. The molecule has 2 N–H and O–H groups in total. The predicted octanol–water partition coefficient (Wildman–Crippen LogP) is 3.62. The minimum absolute atomic E-state index is 0.0793. The van der Waals surface area contributed by atoms with E-state index in [-0.39, 0.29) is 11.6 Å². The number of carbonyl (C=O) groups is 1. The summed E-state index contributed by atoms with van der Waals surface area (Å²) in [6.07, 6.45) is 2.59. The average Bonchev–Trinajstić information content (AvgIpc) is 3.05. The van der Waals surface area contributed by atoms with Gasteiger partial charge < -0.3 is 10.5 Å². The zero-order valence-electron chi connectivity index (χ0n) is 13.5. The summed E-state index contributed by atoms with van der Waals surface area (Å²) in [7, 11) is 0. The molecule has 0 spiro atoms. The van der Waals surface area contributed by atoms with E-state index in [4.69, 9.17) is 10.5 Å². The smallest absolute Gasteiger partial charge is 0.414 e. The van der Waals surface area contributed by atoms with E-state index in [0.29, 0.717) is 6.54 Å². The van der Waals surface area contributed by atoms with Crippen LogP contribution in [0.1, 0.15) is 45.6 Å². The first kappa shape index (κ1) is 15.8. The zero-order chi connectivity index (χ0) is 15.7. The molecule has 1 amide bonds. The minimum atomic E-state index is -0.501. The van der Waals surface area contributed by atoms with Crippen molar-refractivity contribution >= 4 is 11.8 Å². The number of hydrogen-bond donors (Lipinski definition) is 1. The number of rotatable bonds is 4. The zero-order valence-corrected chi connectivity index (χ0v) is 13.5. The molecule has 0 heterocycles. The first-order chi connectivity index (χ1) is 9.69. The topological polar surface area (TPSA) is 55.6 Å². The number of nitrogens with zero attached hydrogens (tertiary/aromatic N) is 1. The highest BCUT2D eigenvalue weighted by Crippen LogP contribution is 2.36. The molecule has 2 rings (SSSR count). The lowest BCUT2D eigenvalue weighted by Gasteiger charge is -2.28. The van der Waals surface area contributed by atoms with Crippen molar-refractivity contribution in [2.24, 2.45) is 5.73 Å². The van der Waals surface area contributed by atoms with E-state index < -0.39 is 5.60 Å². The molecule has 4 nitrogen and oxygen atoms in total. The van der Waals surface area contributed by atoms with Crippen molar-refractivity contribution in [3.8, 4) is 0 Å². The summed E-state index contributed by atoms with van der Waals surface area (Å²) in [4.78, 5) is 14.2. The Balaban J connectivity index is 2.14. The molecule has 4 heteroatoms. The Morgan fingerprint density at radius 3 is 2.57 bits per heavy atom. The summed E-state index contributed by atoms with van der Waals surface area (Å²) >= 11 is 0. The van der Waals surface area contributed by atoms with Gasteiger partial charge in [0.25, 0.3) is 0 Å². The van der Waals surface area contributed by atoms with Crippen LogP contribution in [0.2, 0.25) is 0 Å². The van der Waals surface area contributed by atoms with Gasteiger partial charge in [0.1, 0.15) is 5.60 Å². The van der Waals surface area contributed by atoms with E-state index in [0.717, 1.165) is 30.5 Å². The van der Waals surface area contributed by atoms with Gasteiger partial charge >= 0.3 is 6.09 Å². The fraction of sp³-hybridized carbons (Fsp3) is 0.588. The maximum Gasteiger partial charge on any atom is 0.414 e. The van der Waals surface area contributed by atoms with Gasteiger partial charge in [-0.05, 0) is 64.7 Å². The van der Waals surface area contributed by atoms with Crippen LogP contribution in [0.25, 0.3) is 0 Å². The van der Waals surface area contributed by atoms with Crippen LogP contribution in [0.5, 0.6) is 0 Å². The number of aryl methyl sites for hydroxylation is 1. The van der Waals surface area contributed by atoms with Crippen LogP contribution in [0.3, 0.4) is 0 Å². The van der Waals surface area contributed by atoms with Gasteiger partial charge in [-0.25, -0.2) is 4.79 Å². The van der Waals surface area contributed by atoms with Gasteiger partial charge in [-0.15, -0.1) is 0 Å². The second-order valence-corrected chi connectivity index (χ2v) is 7.08. The summed E-state index contributed by atoms with van der Waals surface area (Å²) in [6.45, 7) is 8.25. The van der Waals surface area contributed by atoms with Crippen LogP contribution in [0, 0.1) is 6.92 Å². The number of amides is 1. The van der Waals surface area contributed by atoms with Crippen LogP contribution in [0.4, 0.5) is 10.5 Å². The Morgan fingerprint density at radius 2 is 2.05 bits per heavy atom. The van der Waals surface area contributed by atoms with Gasteiger partial charge in [-0.2, -0.15) is 0 Å². The number of hydrogen-bond acceptors (Lipinski definition) is 3. The molecule has 0 bridgehead atoms. The Kier molecular flexibility index (Phi) is 4.28. The molecule has 1 saturated carbocycles. The van der Waals surface area contributed by atoms with Crippen molar-refractivity contribution in [3.63, 3.8) is 0 Å². The highest BCUT2D eigenvalue weighted by molar-refractivity contribution is 5.88. The molecule has 21 heavy (non-hydrogen) atoms. The second-order valence-electron chi connectivity index (χ2n) is 7.08. The number of carbonyl (C=O) groups excluding carboxylic acids is 1. The summed E-state index contributed by atoms with van der Waals surface area (Å²) < 4.78 is 5.53. The molecule has 0 radical (unpaired) electrons.